The van der Waals surface area contributed by atoms with Gasteiger partial charge in [0.1, 0.15) is 5.75 Å². The monoisotopic (exact) mass is 395 g/mol. The molecule has 0 spiro atoms. The molecule has 2 aromatic carbocycles. The van der Waals surface area contributed by atoms with E-state index in [1.54, 1.807) is 24.0 Å². The lowest BCUT2D eigenvalue weighted by atomic mass is 10.1. The van der Waals surface area contributed by atoms with Crippen molar-refractivity contribution in [2.24, 2.45) is 0 Å². The molecule has 2 heterocycles. The van der Waals surface area contributed by atoms with Gasteiger partial charge in [-0.3, -0.25) is 4.79 Å². The molecule has 4 rings (SSSR count). The molecule has 2 aliphatic heterocycles. The Kier molecular flexibility index (Phi) is 5.67. The summed E-state index contributed by atoms with van der Waals surface area (Å²) in [6.45, 7) is 6.42. The van der Waals surface area contributed by atoms with Gasteiger partial charge in [-0.1, -0.05) is 0 Å². The number of carbonyl (C=O) groups excluding carboxylic acids is 2. The van der Waals surface area contributed by atoms with Crippen molar-refractivity contribution in [3.05, 3.63) is 53.6 Å². The number of ether oxygens (including phenoxy) is 2. The number of hydrogen-bond donors (Lipinski definition) is 1. The third-order valence-corrected chi connectivity index (χ3v) is 5.19. The molecule has 0 unspecified atom stereocenters. The van der Waals surface area contributed by atoms with Crippen LogP contribution in [0.5, 0.6) is 5.75 Å². The van der Waals surface area contributed by atoms with E-state index in [4.69, 9.17) is 9.47 Å². The Morgan fingerprint density at radius 2 is 1.79 bits per heavy atom. The van der Waals surface area contributed by atoms with E-state index in [0.717, 1.165) is 43.0 Å². The Morgan fingerprint density at radius 1 is 1.07 bits per heavy atom. The first-order chi connectivity index (χ1) is 14.2. The van der Waals surface area contributed by atoms with Crippen LogP contribution >= 0.6 is 0 Å². The summed E-state index contributed by atoms with van der Waals surface area (Å²) in [6, 6.07) is 13.3. The molecule has 1 saturated heterocycles. The number of carbonyl (C=O) groups is 2. The average Bonchev–Trinajstić information content (AvgIpc) is 3.09. The first-order valence-electron chi connectivity index (χ1n) is 9.94. The normalized spacial score (nSPS) is 16.0. The molecule has 1 fully saturated rings. The van der Waals surface area contributed by atoms with Crippen molar-refractivity contribution in [1.82, 2.24) is 5.32 Å². The fourth-order valence-corrected chi connectivity index (χ4v) is 3.70. The van der Waals surface area contributed by atoms with Crippen molar-refractivity contribution in [2.45, 2.75) is 13.5 Å². The largest absolute Gasteiger partial charge is 0.482 e. The van der Waals surface area contributed by atoms with Gasteiger partial charge >= 0.3 is 5.97 Å². The molecule has 2 aliphatic rings. The molecule has 29 heavy (non-hydrogen) atoms. The molecule has 0 atom stereocenters. The van der Waals surface area contributed by atoms with Crippen LogP contribution in [-0.4, -0.2) is 51.3 Å². The molecular weight excluding hydrogens is 370 g/mol. The van der Waals surface area contributed by atoms with E-state index in [0.29, 0.717) is 18.9 Å². The van der Waals surface area contributed by atoms with Crippen molar-refractivity contribution in [3.8, 4) is 5.75 Å². The summed E-state index contributed by atoms with van der Waals surface area (Å²) in [5.74, 6) is 0.168. The van der Waals surface area contributed by atoms with Gasteiger partial charge in [-0.2, -0.15) is 0 Å². The van der Waals surface area contributed by atoms with Crippen molar-refractivity contribution in [2.75, 3.05) is 49.2 Å². The molecule has 2 aromatic rings. The van der Waals surface area contributed by atoms with Gasteiger partial charge in [0.15, 0.2) is 6.61 Å². The Labute approximate surface area is 170 Å². The van der Waals surface area contributed by atoms with Gasteiger partial charge in [0.2, 0.25) is 0 Å². The highest BCUT2D eigenvalue weighted by atomic mass is 16.6. The number of anilines is 2. The lowest BCUT2D eigenvalue weighted by Gasteiger charge is -2.29. The molecule has 1 amide bonds. The van der Waals surface area contributed by atoms with E-state index < -0.39 is 5.97 Å². The lowest BCUT2D eigenvalue weighted by molar-refractivity contribution is -0.145. The van der Waals surface area contributed by atoms with Crippen LogP contribution in [0.25, 0.3) is 0 Å². The van der Waals surface area contributed by atoms with Gasteiger partial charge in [0, 0.05) is 43.1 Å². The number of piperazine rings is 1. The van der Waals surface area contributed by atoms with Crippen LogP contribution in [0, 0.1) is 0 Å². The summed E-state index contributed by atoms with van der Waals surface area (Å²) >= 11 is 0. The lowest BCUT2D eigenvalue weighted by Crippen LogP contribution is -2.43. The maximum absolute atomic E-state index is 12.9. The average molecular weight is 395 g/mol. The fourth-order valence-electron chi connectivity index (χ4n) is 3.70. The van der Waals surface area contributed by atoms with Gasteiger partial charge in [-0.15, -0.1) is 0 Å². The minimum Gasteiger partial charge on any atom is -0.482 e. The number of hydrogen-bond acceptors (Lipinski definition) is 6. The summed E-state index contributed by atoms with van der Waals surface area (Å²) < 4.78 is 10.3. The van der Waals surface area contributed by atoms with Crippen molar-refractivity contribution in [1.29, 1.82) is 0 Å². The molecule has 0 saturated carbocycles. The zero-order valence-corrected chi connectivity index (χ0v) is 16.5. The van der Waals surface area contributed by atoms with Gasteiger partial charge in [-0.05, 0) is 55.0 Å². The van der Waals surface area contributed by atoms with Crippen molar-refractivity contribution in [3.63, 3.8) is 0 Å². The molecule has 0 radical (unpaired) electrons. The van der Waals surface area contributed by atoms with Crippen LogP contribution in [0.1, 0.15) is 22.8 Å². The number of rotatable bonds is 6. The maximum atomic E-state index is 12.9. The predicted molar refractivity (Wildman–Crippen MR) is 111 cm³/mol. The summed E-state index contributed by atoms with van der Waals surface area (Å²) in [6.07, 6.45) is 0. The van der Waals surface area contributed by atoms with E-state index in [9.17, 15) is 9.59 Å². The molecule has 0 aromatic heterocycles. The molecule has 152 valence electrons. The zero-order chi connectivity index (χ0) is 20.2. The number of esters is 1. The summed E-state index contributed by atoms with van der Waals surface area (Å²) in [4.78, 5) is 28.4. The fraction of sp³-hybridized carbons (Fsp3) is 0.364. The minimum absolute atomic E-state index is 0.00653. The number of fused-ring (bicyclic) bond motifs is 1. The number of nitrogens with zero attached hydrogens (tertiary/aromatic N) is 2. The van der Waals surface area contributed by atoms with Crippen LogP contribution in [0.4, 0.5) is 11.4 Å². The second-order valence-corrected chi connectivity index (χ2v) is 7.06. The molecule has 7 heteroatoms. The first-order valence-corrected chi connectivity index (χ1v) is 9.94. The second-order valence-electron chi connectivity index (χ2n) is 7.06. The Morgan fingerprint density at radius 3 is 2.52 bits per heavy atom. The summed E-state index contributed by atoms with van der Waals surface area (Å²) in [5.41, 5.74) is 3.78. The standard InChI is InChI=1S/C22H25N3O4/c1-2-28-21(26)15-29-19-6-3-17(4-7-19)25-14-16-13-18(5-8-20(16)22(25)27)24-11-9-23-10-12-24/h3-8,13,23H,2,9-12,14-15H2,1H3. The van der Waals surface area contributed by atoms with E-state index >= 15 is 0 Å². The van der Waals surface area contributed by atoms with E-state index in [1.807, 2.05) is 24.3 Å². The molecule has 7 nitrogen and oxygen atoms in total. The molecule has 0 bridgehead atoms. The van der Waals surface area contributed by atoms with Gasteiger partial charge in [0.25, 0.3) is 5.91 Å². The Bertz CT molecular complexity index is 891. The minimum atomic E-state index is -0.401. The van der Waals surface area contributed by atoms with Crippen LogP contribution in [-0.2, 0) is 16.1 Å². The van der Waals surface area contributed by atoms with Crippen molar-refractivity contribution >= 4 is 23.3 Å². The van der Waals surface area contributed by atoms with E-state index in [-0.39, 0.29) is 12.5 Å². The van der Waals surface area contributed by atoms with Crippen LogP contribution in [0.2, 0.25) is 0 Å². The Balaban J connectivity index is 1.44. The first kappa shape index (κ1) is 19.3. The zero-order valence-electron chi connectivity index (χ0n) is 16.5. The van der Waals surface area contributed by atoms with Crippen LogP contribution in [0.15, 0.2) is 42.5 Å². The van der Waals surface area contributed by atoms with E-state index in [1.165, 1.54) is 5.69 Å². The highest BCUT2D eigenvalue weighted by Gasteiger charge is 2.29. The topological polar surface area (TPSA) is 71.1 Å². The third kappa shape index (κ3) is 4.19. The smallest absolute Gasteiger partial charge is 0.344 e. The second kappa shape index (κ2) is 8.53. The van der Waals surface area contributed by atoms with Crippen LogP contribution in [0.3, 0.4) is 0 Å². The molecule has 0 aliphatic carbocycles. The Hall–Kier alpha value is -3.06. The van der Waals surface area contributed by atoms with Gasteiger partial charge in [-0.25, -0.2) is 4.79 Å². The summed E-state index contributed by atoms with van der Waals surface area (Å²) in [7, 11) is 0. The molecule has 1 N–H and O–H groups in total. The van der Waals surface area contributed by atoms with E-state index in [2.05, 4.69) is 16.3 Å². The molecular formula is C22H25N3O4. The number of benzene rings is 2. The van der Waals surface area contributed by atoms with Crippen molar-refractivity contribution < 1.29 is 19.1 Å². The number of nitrogens with one attached hydrogen (secondary N) is 1. The SMILES string of the molecule is CCOC(=O)COc1ccc(N2Cc3cc(N4CCNCC4)ccc3C2=O)cc1. The quantitative estimate of drug-likeness (QED) is 0.756. The maximum Gasteiger partial charge on any atom is 0.344 e. The highest BCUT2D eigenvalue weighted by Crippen LogP contribution is 2.32. The predicted octanol–water partition coefficient (Wildman–Crippen LogP) is 2.20. The highest BCUT2D eigenvalue weighted by molar-refractivity contribution is 6.10. The van der Waals surface area contributed by atoms with Gasteiger partial charge in [0.05, 0.1) is 13.2 Å². The van der Waals surface area contributed by atoms with Crippen LogP contribution < -0.4 is 19.9 Å². The van der Waals surface area contributed by atoms with Gasteiger partial charge < -0.3 is 24.6 Å². The third-order valence-electron chi connectivity index (χ3n) is 5.19. The number of amides is 1. The summed E-state index contributed by atoms with van der Waals surface area (Å²) in [5, 5.41) is 3.36.